The summed E-state index contributed by atoms with van der Waals surface area (Å²) in [6.45, 7) is 0. The van der Waals surface area contributed by atoms with Crippen molar-refractivity contribution in [2.75, 3.05) is 21.1 Å². The van der Waals surface area contributed by atoms with Crippen LogP contribution in [0.4, 0.5) is 0 Å². The molecule has 0 atom stereocenters. The van der Waals surface area contributed by atoms with Crippen LogP contribution in [-0.2, 0) is 4.80 Å². The third kappa shape index (κ3) is 691. The Morgan fingerprint density at radius 3 is 1.43 bits per heavy atom. The van der Waals surface area contributed by atoms with Gasteiger partial charge < -0.3 is 4.90 Å². The topological polar surface area (TPSA) is 23.1 Å². The van der Waals surface area contributed by atoms with E-state index in [1.165, 1.54) is 0 Å². The lowest BCUT2D eigenvalue weighted by molar-refractivity contribution is 0.490. The molecule has 0 fully saturated rings. The predicted molar refractivity (Wildman–Crippen MR) is 34.7 cm³/mol. The van der Waals surface area contributed by atoms with Gasteiger partial charge in [0.2, 0.25) is 0 Å². The highest BCUT2D eigenvalue weighted by atomic mass is 35.6. The van der Waals surface area contributed by atoms with Crippen LogP contribution in [0.15, 0.2) is 0 Å². The molecule has 0 bridgehead atoms. The summed E-state index contributed by atoms with van der Waals surface area (Å²) in [6, 6.07) is 0. The van der Waals surface area contributed by atoms with Gasteiger partial charge in [0.05, 0.1) is 0 Å². The summed E-state index contributed by atoms with van der Waals surface area (Å²) < 4.78 is 0. The second-order valence-electron chi connectivity index (χ2n) is 1.45. The van der Waals surface area contributed by atoms with E-state index in [-0.39, 0.29) is 0 Å². The molecule has 0 unspecified atom stereocenters. The third-order valence-corrected chi connectivity index (χ3v) is 0. The maximum atomic E-state index is 8.83. The average molecular weight is 141 g/mol. The summed E-state index contributed by atoms with van der Waals surface area (Å²) in [4.78, 5) is 10.8. The molecule has 0 aliphatic heterocycles. The molecule has 0 amide bonds. The molecule has 45 valence electrons. The minimum Gasteiger partial charge on any atom is -0.312 e. The van der Waals surface area contributed by atoms with Crippen molar-refractivity contribution in [2.45, 2.75) is 0 Å². The van der Waals surface area contributed by atoms with E-state index >= 15 is 0 Å². The Bertz CT molecular complexity index is 26.1. The van der Waals surface area contributed by atoms with Crippen LogP contribution in [0.2, 0.25) is 0 Å². The highest BCUT2D eigenvalue weighted by molar-refractivity contribution is 6.88. The SMILES string of the molecule is CN(C)C.[O][SiH2]Cl. The van der Waals surface area contributed by atoms with Gasteiger partial charge in [-0.05, 0) is 21.1 Å². The van der Waals surface area contributed by atoms with E-state index in [0.29, 0.717) is 0 Å². The zero-order chi connectivity index (χ0) is 6.28. The summed E-state index contributed by atoms with van der Waals surface area (Å²) in [5.74, 6) is 0. The fourth-order valence-electron chi connectivity index (χ4n) is 0. The van der Waals surface area contributed by atoms with Crippen LogP contribution in [0.1, 0.15) is 0 Å². The molecule has 0 saturated heterocycles. The van der Waals surface area contributed by atoms with Crippen molar-refractivity contribution in [3.8, 4) is 0 Å². The summed E-state index contributed by atoms with van der Waals surface area (Å²) in [5, 5.41) is 0. The van der Waals surface area contributed by atoms with Crippen molar-refractivity contribution in [1.82, 2.24) is 4.90 Å². The van der Waals surface area contributed by atoms with Gasteiger partial charge >= 0.3 is 9.07 Å². The number of nitrogens with zero attached hydrogens (tertiary/aromatic N) is 1. The van der Waals surface area contributed by atoms with Gasteiger partial charge in [-0.25, -0.2) is 0 Å². The largest absolute Gasteiger partial charge is 0.312 e. The van der Waals surface area contributed by atoms with Gasteiger partial charge in [0.1, 0.15) is 0 Å². The second-order valence-corrected chi connectivity index (χ2v) is 2.32. The predicted octanol–water partition coefficient (Wildman–Crippen LogP) is -0.168. The van der Waals surface area contributed by atoms with Crippen molar-refractivity contribution in [3.63, 3.8) is 0 Å². The Morgan fingerprint density at radius 1 is 1.43 bits per heavy atom. The second kappa shape index (κ2) is 9.66. The van der Waals surface area contributed by atoms with E-state index < -0.39 is 9.07 Å². The lowest BCUT2D eigenvalue weighted by Crippen LogP contribution is -1.99. The first-order valence-electron chi connectivity index (χ1n) is 1.90. The molecular weight excluding hydrogens is 130 g/mol. The third-order valence-electron chi connectivity index (χ3n) is 0. The fraction of sp³-hybridized carbons (Fsp3) is 1.00. The Morgan fingerprint density at radius 2 is 1.43 bits per heavy atom. The number of hydrogen-bond acceptors (Lipinski definition) is 1. The van der Waals surface area contributed by atoms with Crippen molar-refractivity contribution in [3.05, 3.63) is 0 Å². The highest BCUT2D eigenvalue weighted by Gasteiger charge is 1.58. The van der Waals surface area contributed by atoms with E-state index in [1.807, 2.05) is 26.0 Å². The van der Waals surface area contributed by atoms with Crippen LogP contribution in [-0.4, -0.2) is 35.1 Å². The summed E-state index contributed by atoms with van der Waals surface area (Å²) in [6.07, 6.45) is 0. The molecule has 0 aromatic carbocycles. The molecule has 0 saturated carbocycles. The maximum Gasteiger partial charge on any atom is 0.300 e. The molecule has 4 heteroatoms. The van der Waals surface area contributed by atoms with E-state index in [9.17, 15) is 0 Å². The molecular formula is C3H11ClNOSi. The molecule has 0 aromatic rings. The molecule has 0 N–H and O–H groups in total. The van der Waals surface area contributed by atoms with Gasteiger partial charge in [-0.1, -0.05) is 0 Å². The van der Waals surface area contributed by atoms with E-state index in [0.717, 1.165) is 0 Å². The number of rotatable bonds is 0. The zero-order valence-electron chi connectivity index (χ0n) is 4.94. The normalized spacial score (nSPS) is 9.43. The van der Waals surface area contributed by atoms with Gasteiger partial charge in [-0.2, -0.15) is 0 Å². The first-order valence-corrected chi connectivity index (χ1v) is 4.61. The minimum atomic E-state index is -1.36. The van der Waals surface area contributed by atoms with Crippen LogP contribution in [0, 0.1) is 0 Å². The van der Waals surface area contributed by atoms with E-state index in [2.05, 4.69) is 11.1 Å². The van der Waals surface area contributed by atoms with Gasteiger partial charge in [0.15, 0.2) is 0 Å². The Labute approximate surface area is 51.7 Å². The zero-order valence-corrected chi connectivity index (χ0v) is 7.11. The fourth-order valence-corrected chi connectivity index (χ4v) is 0. The lowest BCUT2D eigenvalue weighted by Gasteiger charge is -1.90. The molecule has 0 rings (SSSR count). The standard InChI is InChI=1S/C3H9N.ClH2OSi/c1-4(2)3;1-3-2/h1-3H3;3H2. The highest BCUT2D eigenvalue weighted by Crippen LogP contribution is 1.49. The first kappa shape index (κ1) is 10.4. The summed E-state index contributed by atoms with van der Waals surface area (Å²) in [5.41, 5.74) is 0. The van der Waals surface area contributed by atoms with Crippen molar-refractivity contribution in [1.29, 1.82) is 0 Å². The van der Waals surface area contributed by atoms with Crippen LogP contribution in [0.5, 0.6) is 0 Å². The minimum absolute atomic E-state index is 1.36. The van der Waals surface area contributed by atoms with Gasteiger partial charge in [-0.3, -0.25) is 4.80 Å². The lowest BCUT2D eigenvalue weighted by atomic mass is 11.0. The van der Waals surface area contributed by atoms with Crippen LogP contribution in [0.3, 0.4) is 0 Å². The Kier molecular flexibility index (Phi) is 14.4. The Hall–Kier alpha value is 0.427. The van der Waals surface area contributed by atoms with Gasteiger partial charge in [0.25, 0.3) is 0 Å². The molecule has 2 nitrogen and oxygen atoms in total. The summed E-state index contributed by atoms with van der Waals surface area (Å²) >= 11 is 4.58. The monoisotopic (exact) mass is 140 g/mol. The molecule has 7 heavy (non-hydrogen) atoms. The first-order chi connectivity index (χ1) is 3.15. The van der Waals surface area contributed by atoms with Crippen LogP contribution < -0.4 is 0 Å². The van der Waals surface area contributed by atoms with E-state index in [1.54, 1.807) is 0 Å². The van der Waals surface area contributed by atoms with Crippen LogP contribution >= 0.6 is 11.1 Å². The maximum absolute atomic E-state index is 8.83. The van der Waals surface area contributed by atoms with Gasteiger partial charge in [0, 0.05) is 0 Å². The Balaban J connectivity index is 0. The number of hydrogen-bond donors (Lipinski definition) is 0. The molecule has 0 heterocycles. The quantitative estimate of drug-likeness (QED) is 0.339. The molecule has 0 aliphatic carbocycles. The molecule has 0 aromatic heterocycles. The van der Waals surface area contributed by atoms with Crippen LogP contribution in [0.25, 0.3) is 0 Å². The molecule has 0 spiro atoms. The van der Waals surface area contributed by atoms with Crippen molar-refractivity contribution >= 4 is 20.2 Å². The van der Waals surface area contributed by atoms with Crippen molar-refractivity contribution < 1.29 is 4.80 Å². The average Bonchev–Trinajstić information content (AvgIpc) is 1.33. The van der Waals surface area contributed by atoms with Gasteiger partial charge in [-0.15, -0.1) is 11.1 Å². The van der Waals surface area contributed by atoms with E-state index in [4.69, 9.17) is 4.80 Å². The summed E-state index contributed by atoms with van der Waals surface area (Å²) in [7, 11) is 4.64. The molecule has 0 aliphatic rings. The smallest absolute Gasteiger partial charge is 0.300 e. The number of halogens is 1. The van der Waals surface area contributed by atoms with Crippen molar-refractivity contribution in [2.24, 2.45) is 0 Å². The molecule has 1 radical (unpaired) electrons.